The number of hydrogen-bond acceptors (Lipinski definition) is 0. The summed E-state index contributed by atoms with van der Waals surface area (Å²) in [4.78, 5) is 0. The Morgan fingerprint density at radius 3 is 2.46 bits per heavy atom. The minimum absolute atomic E-state index is 1.16. The van der Waals surface area contributed by atoms with Gasteiger partial charge in [-0.25, -0.2) is 0 Å². The van der Waals surface area contributed by atoms with E-state index in [0.29, 0.717) is 0 Å². The quantitative estimate of drug-likeness (QED) is 0.486. The van der Waals surface area contributed by atoms with Crippen LogP contribution in [0.1, 0.15) is 12.0 Å². The van der Waals surface area contributed by atoms with Gasteiger partial charge in [-0.15, -0.1) is 0 Å². The molecule has 1 aliphatic rings. The zero-order chi connectivity index (χ0) is 9.31. The highest BCUT2D eigenvalue weighted by Crippen LogP contribution is 2.38. The van der Waals surface area contributed by atoms with Gasteiger partial charge in [-0.2, -0.15) is 11.1 Å². The summed E-state index contributed by atoms with van der Waals surface area (Å²) in [6.07, 6.45) is 3.48. The van der Waals surface area contributed by atoms with E-state index in [1.807, 2.05) is 6.07 Å². The molecule has 2 rings (SSSR count). The molecule has 0 nitrogen and oxygen atoms in total. The fraction of sp³-hybridized carbons (Fsp3) is 0.273. The van der Waals surface area contributed by atoms with Crippen LogP contribution in [-0.2, 0) is 0 Å². The number of halogens is 1. The van der Waals surface area contributed by atoms with E-state index in [2.05, 4.69) is 36.9 Å². The first kappa shape index (κ1) is 9.04. The monoisotopic (exact) mass is 208 g/mol. The minimum Gasteiger partial charge on any atom is -0.161 e. The predicted octanol–water partition coefficient (Wildman–Crippen LogP) is 3.83. The standard InChI is InChI=1S/C11H13ClSi/c1-13(12)9-5-8-11(13)10-6-3-2-4-7-10/h2-4,6-8H,5,9H2,1H3. The lowest BCUT2D eigenvalue weighted by Crippen LogP contribution is -2.20. The highest BCUT2D eigenvalue weighted by atomic mass is 35.6. The van der Waals surface area contributed by atoms with Crippen molar-refractivity contribution in [1.29, 1.82) is 0 Å². The van der Waals surface area contributed by atoms with Gasteiger partial charge in [-0.05, 0) is 23.2 Å². The predicted molar refractivity (Wildman–Crippen MR) is 61.3 cm³/mol. The van der Waals surface area contributed by atoms with Crippen LogP contribution < -0.4 is 0 Å². The molecule has 0 aromatic heterocycles. The summed E-state index contributed by atoms with van der Waals surface area (Å²) in [5.41, 5.74) is 1.32. The molecule has 1 heterocycles. The summed E-state index contributed by atoms with van der Waals surface area (Å²) in [5.74, 6) is 0. The molecule has 0 aliphatic carbocycles. The van der Waals surface area contributed by atoms with Crippen LogP contribution in [0.4, 0.5) is 0 Å². The third-order valence-electron chi connectivity index (χ3n) is 2.61. The molecule has 1 atom stereocenters. The van der Waals surface area contributed by atoms with Gasteiger partial charge < -0.3 is 0 Å². The molecule has 1 unspecified atom stereocenters. The molecule has 0 fully saturated rings. The summed E-state index contributed by atoms with van der Waals surface area (Å²) >= 11 is 6.54. The maximum Gasteiger partial charge on any atom is 0.184 e. The molecule has 0 radical (unpaired) electrons. The third kappa shape index (κ3) is 1.72. The second-order valence-electron chi connectivity index (χ2n) is 3.72. The second-order valence-corrected chi connectivity index (χ2v) is 9.66. The molecular formula is C11H13ClSi. The second kappa shape index (κ2) is 3.32. The Labute approximate surface area is 85.0 Å². The van der Waals surface area contributed by atoms with Gasteiger partial charge in [-0.1, -0.05) is 43.0 Å². The molecule has 0 saturated heterocycles. The maximum absolute atomic E-state index is 6.54. The highest BCUT2D eigenvalue weighted by Gasteiger charge is 2.33. The summed E-state index contributed by atoms with van der Waals surface area (Å²) in [5, 5.41) is 1.43. The molecule has 0 spiro atoms. The van der Waals surface area contributed by atoms with Gasteiger partial charge in [0.15, 0.2) is 7.38 Å². The van der Waals surface area contributed by atoms with Crippen molar-refractivity contribution >= 4 is 23.7 Å². The summed E-state index contributed by atoms with van der Waals surface area (Å²) < 4.78 is 0. The smallest absolute Gasteiger partial charge is 0.161 e. The first-order valence-corrected chi connectivity index (χ1v) is 8.37. The van der Waals surface area contributed by atoms with Gasteiger partial charge in [0.25, 0.3) is 0 Å². The number of benzene rings is 1. The minimum atomic E-state index is -1.58. The van der Waals surface area contributed by atoms with Crippen molar-refractivity contribution in [1.82, 2.24) is 0 Å². The summed E-state index contributed by atoms with van der Waals surface area (Å²) in [6, 6.07) is 11.7. The van der Waals surface area contributed by atoms with Crippen molar-refractivity contribution in [3.63, 3.8) is 0 Å². The SMILES string of the molecule is C[Si]1(Cl)CCC=C1c1ccccc1. The van der Waals surface area contributed by atoms with E-state index in [4.69, 9.17) is 11.1 Å². The average molecular weight is 209 g/mol. The Hall–Kier alpha value is -0.533. The van der Waals surface area contributed by atoms with Gasteiger partial charge >= 0.3 is 0 Å². The molecular weight excluding hydrogens is 196 g/mol. The van der Waals surface area contributed by atoms with E-state index in [1.54, 1.807) is 0 Å². The summed E-state index contributed by atoms with van der Waals surface area (Å²) in [7, 11) is -1.58. The first-order chi connectivity index (χ1) is 6.20. The fourth-order valence-electron chi connectivity index (χ4n) is 1.87. The van der Waals surface area contributed by atoms with Gasteiger partial charge in [0.2, 0.25) is 0 Å². The van der Waals surface area contributed by atoms with Crippen molar-refractivity contribution in [3.05, 3.63) is 42.0 Å². The third-order valence-corrected chi connectivity index (χ3v) is 6.63. The van der Waals surface area contributed by atoms with Gasteiger partial charge in [0.05, 0.1) is 0 Å². The Kier molecular flexibility index (Phi) is 2.30. The zero-order valence-corrected chi connectivity index (χ0v) is 9.51. The first-order valence-electron chi connectivity index (χ1n) is 4.65. The lowest BCUT2D eigenvalue weighted by molar-refractivity contribution is 1.23. The number of rotatable bonds is 1. The molecule has 68 valence electrons. The topological polar surface area (TPSA) is 0 Å². The lowest BCUT2D eigenvalue weighted by atomic mass is 10.2. The molecule has 0 N–H and O–H groups in total. The van der Waals surface area contributed by atoms with Crippen molar-refractivity contribution in [3.8, 4) is 0 Å². The van der Waals surface area contributed by atoms with Crippen molar-refractivity contribution in [2.75, 3.05) is 0 Å². The fourth-order valence-corrected chi connectivity index (χ4v) is 5.05. The van der Waals surface area contributed by atoms with E-state index in [9.17, 15) is 0 Å². The Balaban J connectivity index is 2.38. The largest absolute Gasteiger partial charge is 0.184 e. The van der Waals surface area contributed by atoms with Gasteiger partial charge in [0.1, 0.15) is 0 Å². The van der Waals surface area contributed by atoms with Crippen LogP contribution in [0.3, 0.4) is 0 Å². The molecule has 0 bridgehead atoms. The molecule has 13 heavy (non-hydrogen) atoms. The average Bonchev–Trinajstić information content (AvgIpc) is 2.47. The van der Waals surface area contributed by atoms with Crippen LogP contribution >= 0.6 is 11.1 Å². The number of hydrogen-bond donors (Lipinski definition) is 0. The molecule has 0 saturated carbocycles. The van der Waals surface area contributed by atoms with E-state index >= 15 is 0 Å². The van der Waals surface area contributed by atoms with Crippen LogP contribution in [-0.4, -0.2) is 7.38 Å². The van der Waals surface area contributed by atoms with E-state index in [-0.39, 0.29) is 0 Å². The van der Waals surface area contributed by atoms with Crippen LogP contribution in [0, 0.1) is 0 Å². The molecule has 1 aliphatic heterocycles. The molecule has 2 heteroatoms. The van der Waals surface area contributed by atoms with E-state index < -0.39 is 7.38 Å². The Morgan fingerprint density at radius 1 is 1.23 bits per heavy atom. The van der Waals surface area contributed by atoms with E-state index in [1.165, 1.54) is 16.8 Å². The highest BCUT2D eigenvalue weighted by molar-refractivity contribution is 7.29. The van der Waals surface area contributed by atoms with E-state index in [0.717, 1.165) is 6.42 Å². The Morgan fingerprint density at radius 2 is 1.92 bits per heavy atom. The summed E-state index contributed by atoms with van der Waals surface area (Å²) in [6.45, 7) is 2.24. The van der Waals surface area contributed by atoms with Gasteiger partial charge in [0, 0.05) is 0 Å². The molecule has 0 amide bonds. The Bertz CT molecular complexity index is 327. The van der Waals surface area contributed by atoms with Crippen LogP contribution in [0.2, 0.25) is 12.6 Å². The number of allylic oxidation sites excluding steroid dienone is 1. The normalized spacial score (nSPS) is 27.4. The van der Waals surface area contributed by atoms with Gasteiger partial charge in [-0.3, -0.25) is 0 Å². The van der Waals surface area contributed by atoms with Crippen molar-refractivity contribution in [2.45, 2.75) is 19.0 Å². The lowest BCUT2D eigenvalue weighted by Gasteiger charge is -2.16. The van der Waals surface area contributed by atoms with Crippen molar-refractivity contribution in [2.24, 2.45) is 0 Å². The molecule has 1 aromatic carbocycles. The van der Waals surface area contributed by atoms with Crippen molar-refractivity contribution < 1.29 is 0 Å². The zero-order valence-electron chi connectivity index (χ0n) is 7.76. The van der Waals surface area contributed by atoms with Crippen LogP contribution in [0.5, 0.6) is 0 Å². The van der Waals surface area contributed by atoms with Crippen LogP contribution in [0.15, 0.2) is 36.4 Å². The van der Waals surface area contributed by atoms with Crippen LogP contribution in [0.25, 0.3) is 5.20 Å². The maximum atomic E-state index is 6.54. The molecule has 1 aromatic rings.